The topological polar surface area (TPSA) is 29.3 Å². The Morgan fingerprint density at radius 2 is 1.89 bits per heavy atom. The lowest BCUT2D eigenvalue weighted by atomic mass is 10.0. The van der Waals surface area contributed by atoms with Crippen molar-refractivity contribution in [1.82, 2.24) is 0 Å². The molecule has 0 amide bonds. The second kappa shape index (κ2) is 5.75. The average Bonchev–Trinajstić information content (AvgIpc) is 2.79. The van der Waals surface area contributed by atoms with E-state index in [0.29, 0.717) is 12.1 Å². The molecule has 0 radical (unpaired) electrons. The number of anilines is 1. The Morgan fingerprint density at radius 3 is 2.44 bits per heavy atom. The third kappa shape index (κ3) is 2.54. The molecule has 2 rings (SSSR count). The van der Waals surface area contributed by atoms with Gasteiger partial charge in [-0.2, -0.15) is 0 Å². The first-order chi connectivity index (χ1) is 8.67. The van der Waals surface area contributed by atoms with E-state index in [2.05, 4.69) is 49.9 Å². The van der Waals surface area contributed by atoms with Crippen molar-refractivity contribution in [2.75, 3.05) is 4.90 Å². The van der Waals surface area contributed by atoms with Gasteiger partial charge in [0.15, 0.2) is 0 Å². The van der Waals surface area contributed by atoms with Crippen molar-refractivity contribution in [2.45, 2.75) is 64.6 Å². The standard InChI is InChI=1S/C16H26N2/c1-4-14-9-6-12(3)18(14)15-10-7-13(8-11-15)16(17)5-2/h7-8,10-12,14,16H,4-6,9,17H2,1-3H3/t12?,14?,16-/m0/s1. The molecular formula is C16H26N2. The zero-order chi connectivity index (χ0) is 13.1. The molecule has 1 fully saturated rings. The maximum absolute atomic E-state index is 6.06. The van der Waals surface area contributed by atoms with Crippen molar-refractivity contribution in [2.24, 2.45) is 5.73 Å². The lowest BCUT2D eigenvalue weighted by Crippen LogP contribution is -2.34. The van der Waals surface area contributed by atoms with Crippen LogP contribution >= 0.6 is 0 Å². The smallest absolute Gasteiger partial charge is 0.0371 e. The Labute approximate surface area is 111 Å². The minimum atomic E-state index is 0.178. The third-order valence-corrected chi connectivity index (χ3v) is 4.32. The van der Waals surface area contributed by atoms with Crippen LogP contribution < -0.4 is 10.6 Å². The molecule has 2 nitrogen and oxygen atoms in total. The Morgan fingerprint density at radius 1 is 1.22 bits per heavy atom. The molecule has 0 aliphatic carbocycles. The first-order valence-electron chi connectivity index (χ1n) is 7.31. The molecule has 3 atom stereocenters. The van der Waals surface area contributed by atoms with Crippen molar-refractivity contribution >= 4 is 5.69 Å². The molecule has 1 saturated heterocycles. The van der Waals surface area contributed by atoms with E-state index >= 15 is 0 Å². The summed E-state index contributed by atoms with van der Waals surface area (Å²) in [6.07, 6.45) is 4.88. The Bertz CT molecular complexity index is 371. The zero-order valence-corrected chi connectivity index (χ0v) is 11.9. The molecule has 0 saturated carbocycles. The number of nitrogens with zero attached hydrogens (tertiary/aromatic N) is 1. The Kier molecular flexibility index (Phi) is 4.28. The summed E-state index contributed by atoms with van der Waals surface area (Å²) >= 11 is 0. The fourth-order valence-corrected chi connectivity index (χ4v) is 3.07. The molecule has 0 spiro atoms. The highest BCUT2D eigenvalue weighted by molar-refractivity contribution is 5.51. The normalized spacial score (nSPS) is 25.4. The van der Waals surface area contributed by atoms with Crippen molar-refractivity contribution in [3.05, 3.63) is 29.8 Å². The van der Waals surface area contributed by atoms with Gasteiger partial charge in [-0.3, -0.25) is 0 Å². The van der Waals surface area contributed by atoms with Gasteiger partial charge in [-0.1, -0.05) is 26.0 Å². The number of hydrogen-bond acceptors (Lipinski definition) is 2. The fourth-order valence-electron chi connectivity index (χ4n) is 3.07. The lowest BCUT2D eigenvalue weighted by Gasteiger charge is -2.30. The highest BCUT2D eigenvalue weighted by Crippen LogP contribution is 2.32. The molecule has 0 bridgehead atoms. The van der Waals surface area contributed by atoms with Crippen molar-refractivity contribution in [3.63, 3.8) is 0 Å². The van der Waals surface area contributed by atoms with Crippen LogP contribution in [-0.4, -0.2) is 12.1 Å². The SMILES string of the molecule is CCC1CCC(C)N1c1ccc([C@@H](N)CC)cc1. The lowest BCUT2D eigenvalue weighted by molar-refractivity contribution is 0.627. The summed E-state index contributed by atoms with van der Waals surface area (Å²) in [7, 11) is 0. The van der Waals surface area contributed by atoms with Gasteiger partial charge < -0.3 is 10.6 Å². The quantitative estimate of drug-likeness (QED) is 0.874. The van der Waals surface area contributed by atoms with Gasteiger partial charge in [0.2, 0.25) is 0 Å². The highest BCUT2D eigenvalue weighted by Gasteiger charge is 2.29. The first kappa shape index (κ1) is 13.4. The van der Waals surface area contributed by atoms with Gasteiger partial charge in [-0.15, -0.1) is 0 Å². The molecule has 18 heavy (non-hydrogen) atoms. The molecule has 1 aromatic rings. The number of benzene rings is 1. The van der Waals surface area contributed by atoms with Gasteiger partial charge in [-0.05, 0) is 50.3 Å². The van der Waals surface area contributed by atoms with E-state index in [1.54, 1.807) is 0 Å². The van der Waals surface area contributed by atoms with Crippen molar-refractivity contribution in [3.8, 4) is 0 Å². The van der Waals surface area contributed by atoms with Crippen LogP contribution in [0.1, 0.15) is 58.1 Å². The van der Waals surface area contributed by atoms with Gasteiger partial charge >= 0.3 is 0 Å². The molecular weight excluding hydrogens is 220 g/mol. The van der Waals surface area contributed by atoms with Crippen LogP contribution in [-0.2, 0) is 0 Å². The molecule has 100 valence electrons. The molecule has 1 aliphatic heterocycles. The molecule has 1 aromatic carbocycles. The molecule has 0 aromatic heterocycles. The van der Waals surface area contributed by atoms with Gasteiger partial charge in [0, 0.05) is 23.8 Å². The van der Waals surface area contributed by atoms with Crippen LogP contribution in [0.4, 0.5) is 5.69 Å². The Hall–Kier alpha value is -1.02. The van der Waals surface area contributed by atoms with E-state index in [-0.39, 0.29) is 6.04 Å². The van der Waals surface area contributed by atoms with Crippen LogP contribution in [0.3, 0.4) is 0 Å². The second-order valence-electron chi connectivity index (χ2n) is 5.50. The third-order valence-electron chi connectivity index (χ3n) is 4.32. The summed E-state index contributed by atoms with van der Waals surface area (Å²) in [5, 5.41) is 0. The molecule has 2 heteroatoms. The monoisotopic (exact) mass is 246 g/mol. The minimum Gasteiger partial charge on any atom is -0.366 e. The minimum absolute atomic E-state index is 0.178. The molecule has 1 heterocycles. The van der Waals surface area contributed by atoms with Crippen LogP contribution in [0.5, 0.6) is 0 Å². The van der Waals surface area contributed by atoms with Gasteiger partial charge in [0.1, 0.15) is 0 Å². The fraction of sp³-hybridized carbons (Fsp3) is 0.625. The summed E-state index contributed by atoms with van der Waals surface area (Å²) in [4.78, 5) is 2.58. The summed E-state index contributed by atoms with van der Waals surface area (Å²) in [5.41, 5.74) is 8.68. The van der Waals surface area contributed by atoms with E-state index in [1.807, 2.05) is 0 Å². The van der Waals surface area contributed by atoms with Crippen molar-refractivity contribution in [1.29, 1.82) is 0 Å². The number of rotatable bonds is 4. The van der Waals surface area contributed by atoms with Crippen LogP contribution in [0.25, 0.3) is 0 Å². The van der Waals surface area contributed by atoms with Gasteiger partial charge in [0.25, 0.3) is 0 Å². The number of nitrogens with two attached hydrogens (primary N) is 1. The van der Waals surface area contributed by atoms with Crippen LogP contribution in [0.2, 0.25) is 0 Å². The van der Waals surface area contributed by atoms with Crippen molar-refractivity contribution < 1.29 is 0 Å². The van der Waals surface area contributed by atoms with Gasteiger partial charge in [-0.25, -0.2) is 0 Å². The predicted octanol–water partition coefficient (Wildman–Crippen LogP) is 3.86. The average molecular weight is 246 g/mol. The van der Waals surface area contributed by atoms with Gasteiger partial charge in [0.05, 0.1) is 0 Å². The van der Waals surface area contributed by atoms with Crippen LogP contribution in [0.15, 0.2) is 24.3 Å². The first-order valence-corrected chi connectivity index (χ1v) is 7.31. The van der Waals surface area contributed by atoms with E-state index in [9.17, 15) is 0 Å². The highest BCUT2D eigenvalue weighted by atomic mass is 15.2. The predicted molar refractivity (Wildman–Crippen MR) is 78.9 cm³/mol. The van der Waals surface area contributed by atoms with Crippen LogP contribution in [0, 0.1) is 0 Å². The molecule has 2 unspecified atom stereocenters. The summed E-state index contributed by atoms with van der Waals surface area (Å²) in [6.45, 7) is 6.76. The molecule has 2 N–H and O–H groups in total. The molecule has 1 aliphatic rings. The summed E-state index contributed by atoms with van der Waals surface area (Å²) in [6, 6.07) is 10.4. The van der Waals surface area contributed by atoms with E-state index < -0.39 is 0 Å². The van der Waals surface area contributed by atoms with E-state index in [4.69, 9.17) is 5.73 Å². The number of hydrogen-bond donors (Lipinski definition) is 1. The summed E-state index contributed by atoms with van der Waals surface area (Å²) < 4.78 is 0. The summed E-state index contributed by atoms with van der Waals surface area (Å²) in [5.74, 6) is 0. The van der Waals surface area contributed by atoms with E-state index in [0.717, 1.165) is 6.42 Å². The Balaban J connectivity index is 2.18. The maximum Gasteiger partial charge on any atom is 0.0371 e. The largest absolute Gasteiger partial charge is 0.366 e. The maximum atomic E-state index is 6.06. The second-order valence-corrected chi connectivity index (χ2v) is 5.50. The zero-order valence-electron chi connectivity index (χ0n) is 11.9. The van der Waals surface area contributed by atoms with E-state index in [1.165, 1.54) is 30.5 Å².